The van der Waals surface area contributed by atoms with Gasteiger partial charge in [0.15, 0.2) is 0 Å². The van der Waals surface area contributed by atoms with Crippen molar-refractivity contribution in [2.24, 2.45) is 0 Å². The molecule has 2 heterocycles. The first-order valence-electron chi connectivity index (χ1n) is 4.28. The van der Waals surface area contributed by atoms with Crippen LogP contribution >= 0.6 is 11.8 Å². The third kappa shape index (κ3) is 1.48. The Morgan fingerprint density at radius 2 is 2.38 bits per heavy atom. The van der Waals surface area contributed by atoms with Crippen LogP contribution in [0.2, 0.25) is 0 Å². The molecule has 0 aromatic rings. The molecule has 2 rings (SSSR count). The van der Waals surface area contributed by atoms with Gasteiger partial charge in [-0.25, -0.2) is 0 Å². The monoisotopic (exact) mass is 200 g/mol. The van der Waals surface area contributed by atoms with E-state index < -0.39 is 4.75 Å². The summed E-state index contributed by atoms with van der Waals surface area (Å²) in [6.07, 6.45) is 0.963. The van der Waals surface area contributed by atoms with Crippen LogP contribution in [0.25, 0.3) is 0 Å². The van der Waals surface area contributed by atoms with Gasteiger partial charge in [0.1, 0.15) is 5.76 Å². The lowest BCUT2D eigenvalue weighted by atomic mass is 10.00. The zero-order valence-electron chi connectivity index (χ0n) is 7.66. The SMILES string of the molecule is CC1=C(O)C(C)(CC2CO2)SC1=O. The lowest BCUT2D eigenvalue weighted by Gasteiger charge is -2.20. The highest BCUT2D eigenvalue weighted by atomic mass is 32.2. The second kappa shape index (κ2) is 2.75. The van der Waals surface area contributed by atoms with Gasteiger partial charge in [-0.05, 0) is 20.3 Å². The van der Waals surface area contributed by atoms with Crippen LogP contribution in [0.3, 0.4) is 0 Å². The average molecular weight is 200 g/mol. The summed E-state index contributed by atoms with van der Waals surface area (Å²) in [4.78, 5) is 11.3. The first-order valence-corrected chi connectivity index (χ1v) is 5.10. The van der Waals surface area contributed by atoms with E-state index >= 15 is 0 Å². The molecule has 0 aromatic carbocycles. The summed E-state index contributed by atoms with van der Waals surface area (Å²) in [7, 11) is 0. The van der Waals surface area contributed by atoms with Gasteiger partial charge < -0.3 is 9.84 Å². The highest BCUT2D eigenvalue weighted by Gasteiger charge is 2.45. The van der Waals surface area contributed by atoms with Crippen LogP contribution in [-0.2, 0) is 9.53 Å². The third-order valence-corrected chi connectivity index (χ3v) is 3.80. The molecular weight excluding hydrogens is 188 g/mol. The maximum absolute atomic E-state index is 11.3. The molecule has 0 saturated carbocycles. The molecule has 0 bridgehead atoms. The molecule has 1 fully saturated rings. The first-order chi connectivity index (χ1) is 6.03. The minimum atomic E-state index is -0.442. The zero-order valence-corrected chi connectivity index (χ0v) is 8.48. The van der Waals surface area contributed by atoms with E-state index in [-0.39, 0.29) is 17.0 Å². The van der Waals surface area contributed by atoms with Crippen LogP contribution in [0, 0.1) is 0 Å². The standard InChI is InChI=1S/C9H12O3S/c1-5-7(10)9(2,13-8(5)11)3-6-4-12-6/h6,10H,3-4H2,1-2H3. The number of hydrogen-bond acceptors (Lipinski definition) is 4. The predicted octanol–water partition coefficient (Wildman–Crippen LogP) is 1.64. The fourth-order valence-electron chi connectivity index (χ4n) is 1.58. The number of thioether (sulfide) groups is 1. The molecule has 0 amide bonds. The van der Waals surface area contributed by atoms with Crippen molar-refractivity contribution in [2.45, 2.75) is 31.1 Å². The molecule has 13 heavy (non-hydrogen) atoms. The van der Waals surface area contributed by atoms with Gasteiger partial charge in [-0.15, -0.1) is 0 Å². The van der Waals surface area contributed by atoms with Crippen LogP contribution in [0.5, 0.6) is 0 Å². The summed E-state index contributed by atoms with van der Waals surface area (Å²) >= 11 is 1.21. The third-order valence-electron chi connectivity index (χ3n) is 2.50. The molecule has 1 N–H and O–H groups in total. The Kier molecular flexibility index (Phi) is 1.92. The van der Waals surface area contributed by atoms with Crippen LogP contribution in [-0.4, -0.2) is 27.7 Å². The van der Waals surface area contributed by atoms with Crippen molar-refractivity contribution in [1.29, 1.82) is 0 Å². The minimum Gasteiger partial charge on any atom is -0.510 e. The van der Waals surface area contributed by atoms with Crippen molar-refractivity contribution in [3.63, 3.8) is 0 Å². The Bertz CT molecular complexity index is 293. The molecule has 0 spiro atoms. The van der Waals surface area contributed by atoms with E-state index in [0.29, 0.717) is 5.57 Å². The molecule has 4 heteroatoms. The maximum Gasteiger partial charge on any atom is 0.219 e. The Balaban J connectivity index is 2.19. The van der Waals surface area contributed by atoms with Gasteiger partial charge in [-0.1, -0.05) is 11.8 Å². The lowest BCUT2D eigenvalue weighted by molar-refractivity contribution is -0.107. The molecule has 0 radical (unpaired) electrons. The van der Waals surface area contributed by atoms with E-state index in [1.165, 1.54) is 11.8 Å². The summed E-state index contributed by atoms with van der Waals surface area (Å²) < 4.78 is 4.65. The second-order valence-corrected chi connectivity index (χ2v) is 5.23. The minimum absolute atomic E-state index is 0.0133. The number of ether oxygens (including phenoxy) is 1. The van der Waals surface area contributed by atoms with E-state index in [1.807, 2.05) is 6.92 Å². The number of rotatable bonds is 2. The summed E-state index contributed by atoms with van der Waals surface area (Å²) in [6, 6.07) is 0. The topological polar surface area (TPSA) is 49.8 Å². The lowest BCUT2D eigenvalue weighted by Crippen LogP contribution is -2.22. The maximum atomic E-state index is 11.3. The molecule has 72 valence electrons. The number of carbonyl (C=O) groups excluding carboxylic acids is 1. The molecule has 3 nitrogen and oxygen atoms in total. The molecule has 2 aliphatic heterocycles. The quantitative estimate of drug-likeness (QED) is 0.688. The molecule has 2 atom stereocenters. The van der Waals surface area contributed by atoms with Crippen LogP contribution in [0.15, 0.2) is 11.3 Å². The number of aliphatic hydroxyl groups is 1. The fraction of sp³-hybridized carbons (Fsp3) is 0.667. The van der Waals surface area contributed by atoms with Gasteiger partial charge in [-0.2, -0.15) is 0 Å². The smallest absolute Gasteiger partial charge is 0.219 e. The van der Waals surface area contributed by atoms with E-state index in [1.54, 1.807) is 6.92 Å². The van der Waals surface area contributed by atoms with Crippen molar-refractivity contribution in [3.05, 3.63) is 11.3 Å². The van der Waals surface area contributed by atoms with E-state index in [9.17, 15) is 9.90 Å². The molecule has 2 unspecified atom stereocenters. The Labute approximate surface area is 81.1 Å². The van der Waals surface area contributed by atoms with Gasteiger partial charge in [0, 0.05) is 5.57 Å². The molecule has 2 aliphatic rings. The number of hydrogen-bond donors (Lipinski definition) is 1. The Morgan fingerprint density at radius 3 is 2.77 bits per heavy atom. The van der Waals surface area contributed by atoms with Gasteiger partial charge in [0.25, 0.3) is 0 Å². The number of aliphatic hydroxyl groups excluding tert-OH is 1. The summed E-state index contributed by atoms with van der Waals surface area (Å²) in [6.45, 7) is 4.32. The zero-order chi connectivity index (χ0) is 9.64. The summed E-state index contributed by atoms with van der Waals surface area (Å²) in [5.74, 6) is 0.234. The van der Waals surface area contributed by atoms with Gasteiger partial charge >= 0.3 is 0 Å². The van der Waals surface area contributed by atoms with E-state index in [0.717, 1.165) is 13.0 Å². The van der Waals surface area contributed by atoms with Gasteiger partial charge in [-0.3, -0.25) is 4.79 Å². The summed E-state index contributed by atoms with van der Waals surface area (Å²) in [5.41, 5.74) is 0.494. The van der Waals surface area contributed by atoms with E-state index in [2.05, 4.69) is 0 Å². The normalized spacial score (nSPS) is 38.6. The molecule has 0 aliphatic carbocycles. The van der Waals surface area contributed by atoms with Crippen LogP contribution in [0.4, 0.5) is 0 Å². The largest absolute Gasteiger partial charge is 0.510 e. The van der Waals surface area contributed by atoms with Crippen LogP contribution < -0.4 is 0 Å². The average Bonchev–Trinajstić information content (AvgIpc) is 2.81. The predicted molar refractivity (Wildman–Crippen MR) is 50.7 cm³/mol. The van der Waals surface area contributed by atoms with Crippen molar-refractivity contribution in [1.82, 2.24) is 0 Å². The van der Waals surface area contributed by atoms with Crippen LogP contribution in [0.1, 0.15) is 20.3 Å². The van der Waals surface area contributed by atoms with Crippen molar-refractivity contribution < 1.29 is 14.6 Å². The molecule has 0 aromatic heterocycles. The Hall–Kier alpha value is -0.480. The van der Waals surface area contributed by atoms with Crippen molar-refractivity contribution >= 4 is 16.9 Å². The van der Waals surface area contributed by atoms with Crippen molar-refractivity contribution in [2.75, 3.05) is 6.61 Å². The number of carbonyl (C=O) groups is 1. The van der Waals surface area contributed by atoms with Gasteiger partial charge in [0.2, 0.25) is 5.12 Å². The fourth-order valence-corrected chi connectivity index (χ4v) is 2.76. The van der Waals surface area contributed by atoms with E-state index in [4.69, 9.17) is 4.74 Å². The highest BCUT2D eigenvalue weighted by molar-refractivity contribution is 8.15. The number of epoxide rings is 1. The summed E-state index contributed by atoms with van der Waals surface area (Å²) in [5, 5.41) is 9.73. The van der Waals surface area contributed by atoms with Gasteiger partial charge in [0.05, 0.1) is 17.5 Å². The Morgan fingerprint density at radius 1 is 1.77 bits per heavy atom. The second-order valence-electron chi connectivity index (χ2n) is 3.75. The van der Waals surface area contributed by atoms with Crippen molar-refractivity contribution in [3.8, 4) is 0 Å². The molecule has 1 saturated heterocycles. The first kappa shape index (κ1) is 9.09. The highest BCUT2D eigenvalue weighted by Crippen LogP contribution is 2.46. The molecular formula is C9H12O3S.